The van der Waals surface area contributed by atoms with E-state index < -0.39 is 0 Å². The van der Waals surface area contributed by atoms with Gasteiger partial charge in [0.2, 0.25) is 0 Å². The van der Waals surface area contributed by atoms with Crippen LogP contribution in [0.2, 0.25) is 0 Å². The van der Waals surface area contributed by atoms with Gasteiger partial charge in [0.1, 0.15) is 0 Å². The van der Waals surface area contributed by atoms with Crippen molar-refractivity contribution in [2.24, 2.45) is 5.92 Å². The monoisotopic (exact) mass is 329 g/mol. The predicted octanol–water partition coefficient (Wildman–Crippen LogP) is 3.78. The number of thiophene rings is 1. The first kappa shape index (κ1) is 14.1. The third kappa shape index (κ3) is 3.58. The van der Waals surface area contributed by atoms with Crippen LogP contribution in [0.5, 0.6) is 0 Å². The van der Waals surface area contributed by atoms with Crippen molar-refractivity contribution in [2.75, 3.05) is 6.54 Å². The number of rotatable bonds is 5. The number of aryl methyl sites for hydroxylation is 2. The fraction of sp³-hybridized carbons (Fsp3) is 0.643. The number of halogens is 1. The van der Waals surface area contributed by atoms with Crippen molar-refractivity contribution in [3.8, 4) is 0 Å². The lowest BCUT2D eigenvalue weighted by molar-refractivity contribution is 0.0957. The summed E-state index contributed by atoms with van der Waals surface area (Å²) in [5.41, 5.74) is 1.39. The van der Waals surface area contributed by atoms with Crippen LogP contribution >= 0.6 is 27.3 Å². The Bertz CT molecular complexity index is 406. The summed E-state index contributed by atoms with van der Waals surface area (Å²) in [4.78, 5) is 14.7. The Morgan fingerprint density at radius 3 is 2.94 bits per heavy atom. The molecule has 1 heterocycles. The van der Waals surface area contributed by atoms with E-state index in [2.05, 4.69) is 41.2 Å². The average Bonchev–Trinajstić information content (AvgIpc) is 2.84. The van der Waals surface area contributed by atoms with Gasteiger partial charge in [0.05, 0.1) is 4.88 Å². The second kappa shape index (κ2) is 6.20. The second-order valence-electron chi connectivity index (χ2n) is 5.35. The summed E-state index contributed by atoms with van der Waals surface area (Å²) in [5.74, 6) is 0.736. The van der Waals surface area contributed by atoms with Gasteiger partial charge < -0.3 is 5.32 Å². The van der Waals surface area contributed by atoms with Crippen LogP contribution in [0.1, 0.15) is 46.8 Å². The molecular weight excluding hydrogens is 310 g/mol. The van der Waals surface area contributed by atoms with Gasteiger partial charge in [-0.05, 0) is 43.2 Å². The Kier molecular flexibility index (Phi) is 4.84. The Balaban J connectivity index is 1.84. The normalized spacial score (nSPS) is 15.8. The quantitative estimate of drug-likeness (QED) is 0.818. The van der Waals surface area contributed by atoms with E-state index in [1.807, 2.05) is 0 Å². The van der Waals surface area contributed by atoms with E-state index in [1.165, 1.54) is 16.9 Å². The summed E-state index contributed by atoms with van der Waals surface area (Å²) in [6, 6.07) is 2.08. The van der Waals surface area contributed by atoms with Crippen LogP contribution in [0.3, 0.4) is 0 Å². The zero-order chi connectivity index (χ0) is 13.1. The summed E-state index contributed by atoms with van der Waals surface area (Å²) in [5, 5.41) is 3.02. The van der Waals surface area contributed by atoms with Crippen LogP contribution < -0.4 is 5.32 Å². The highest BCUT2D eigenvalue weighted by molar-refractivity contribution is 9.09. The molecule has 1 atom stereocenters. The molecule has 0 fully saturated rings. The Hall–Kier alpha value is -0.350. The fourth-order valence-electron chi connectivity index (χ4n) is 2.33. The van der Waals surface area contributed by atoms with E-state index >= 15 is 0 Å². The molecule has 1 aliphatic carbocycles. The van der Waals surface area contributed by atoms with Gasteiger partial charge in [-0.1, -0.05) is 29.8 Å². The van der Waals surface area contributed by atoms with Crippen LogP contribution in [0.25, 0.3) is 0 Å². The average molecular weight is 330 g/mol. The number of hydrogen-bond donors (Lipinski definition) is 1. The molecule has 1 amide bonds. The first-order valence-corrected chi connectivity index (χ1v) is 8.33. The van der Waals surface area contributed by atoms with Crippen molar-refractivity contribution in [3.63, 3.8) is 0 Å². The first-order valence-electron chi connectivity index (χ1n) is 6.60. The molecule has 0 aliphatic heterocycles. The molecule has 1 aromatic heterocycles. The fourth-order valence-corrected chi connectivity index (χ4v) is 4.41. The minimum atomic E-state index is 0.0857. The van der Waals surface area contributed by atoms with E-state index in [9.17, 15) is 4.79 Å². The number of fused-ring (bicyclic) bond motifs is 1. The first-order chi connectivity index (χ1) is 8.56. The lowest BCUT2D eigenvalue weighted by Gasteiger charge is -2.12. The Labute approximate surface area is 121 Å². The van der Waals surface area contributed by atoms with Crippen molar-refractivity contribution >= 4 is 33.2 Å². The molecule has 0 aromatic carbocycles. The van der Waals surface area contributed by atoms with Crippen LogP contribution in [0.4, 0.5) is 0 Å². The lowest BCUT2D eigenvalue weighted by atomic mass is 10.1. The number of alkyl halides is 1. The standard InChI is InChI=1S/C14H20BrNOS/c1-9(2)6-11(15)8-16-14(17)13-7-10-4-3-5-12(10)18-13/h7,9,11H,3-6,8H2,1-2H3,(H,16,17). The summed E-state index contributed by atoms with van der Waals surface area (Å²) in [7, 11) is 0. The molecule has 100 valence electrons. The van der Waals surface area contributed by atoms with E-state index in [-0.39, 0.29) is 5.91 Å². The lowest BCUT2D eigenvalue weighted by Crippen LogP contribution is -2.29. The van der Waals surface area contributed by atoms with Crippen LogP contribution in [0.15, 0.2) is 6.07 Å². The minimum Gasteiger partial charge on any atom is -0.350 e. The summed E-state index contributed by atoms with van der Waals surface area (Å²) < 4.78 is 0. The van der Waals surface area contributed by atoms with Crippen molar-refractivity contribution in [3.05, 3.63) is 21.4 Å². The topological polar surface area (TPSA) is 29.1 Å². The van der Waals surface area contributed by atoms with Gasteiger partial charge in [0.15, 0.2) is 0 Å². The van der Waals surface area contributed by atoms with Gasteiger partial charge in [0.25, 0.3) is 5.91 Å². The smallest absolute Gasteiger partial charge is 0.261 e. The predicted molar refractivity (Wildman–Crippen MR) is 80.8 cm³/mol. The number of carbonyl (C=O) groups excluding carboxylic acids is 1. The molecule has 1 aliphatic rings. The van der Waals surface area contributed by atoms with Crippen molar-refractivity contribution in [1.29, 1.82) is 0 Å². The van der Waals surface area contributed by atoms with Gasteiger partial charge in [-0.3, -0.25) is 4.79 Å². The molecule has 2 nitrogen and oxygen atoms in total. The van der Waals surface area contributed by atoms with Gasteiger partial charge in [-0.2, -0.15) is 0 Å². The third-order valence-electron chi connectivity index (χ3n) is 3.18. The molecule has 2 rings (SSSR count). The van der Waals surface area contributed by atoms with E-state index in [4.69, 9.17) is 0 Å². The van der Waals surface area contributed by atoms with Gasteiger partial charge in [-0.25, -0.2) is 0 Å². The summed E-state index contributed by atoms with van der Waals surface area (Å²) in [6.45, 7) is 5.10. The van der Waals surface area contributed by atoms with Crippen molar-refractivity contribution in [2.45, 2.75) is 44.4 Å². The van der Waals surface area contributed by atoms with E-state index in [1.54, 1.807) is 11.3 Å². The largest absolute Gasteiger partial charge is 0.350 e. The van der Waals surface area contributed by atoms with Crippen molar-refractivity contribution in [1.82, 2.24) is 5.32 Å². The molecule has 0 spiro atoms. The molecule has 0 radical (unpaired) electrons. The second-order valence-corrected chi connectivity index (χ2v) is 7.78. The molecule has 18 heavy (non-hydrogen) atoms. The molecule has 1 unspecified atom stereocenters. The Morgan fingerprint density at radius 2 is 2.28 bits per heavy atom. The number of amides is 1. The van der Waals surface area contributed by atoms with Gasteiger partial charge >= 0.3 is 0 Å². The molecule has 0 saturated heterocycles. The van der Waals surface area contributed by atoms with E-state index in [0.29, 0.717) is 17.3 Å². The highest BCUT2D eigenvalue weighted by Gasteiger charge is 2.18. The maximum atomic E-state index is 12.0. The molecular formula is C14H20BrNOS. The molecule has 0 bridgehead atoms. The van der Waals surface area contributed by atoms with Gasteiger partial charge in [0, 0.05) is 16.2 Å². The molecule has 4 heteroatoms. The highest BCUT2D eigenvalue weighted by atomic mass is 79.9. The highest BCUT2D eigenvalue weighted by Crippen LogP contribution is 2.30. The zero-order valence-electron chi connectivity index (χ0n) is 11.0. The van der Waals surface area contributed by atoms with Crippen LogP contribution in [-0.4, -0.2) is 17.3 Å². The minimum absolute atomic E-state index is 0.0857. The third-order valence-corrected chi connectivity index (χ3v) is 5.12. The van der Waals surface area contributed by atoms with E-state index in [0.717, 1.165) is 24.1 Å². The van der Waals surface area contributed by atoms with Crippen LogP contribution in [0, 0.1) is 5.92 Å². The molecule has 1 aromatic rings. The molecule has 1 N–H and O–H groups in total. The van der Waals surface area contributed by atoms with Crippen LogP contribution in [-0.2, 0) is 12.8 Å². The maximum absolute atomic E-state index is 12.0. The SMILES string of the molecule is CC(C)CC(Br)CNC(=O)c1cc2c(s1)CCC2. The zero-order valence-corrected chi connectivity index (χ0v) is 13.4. The maximum Gasteiger partial charge on any atom is 0.261 e. The molecule has 0 saturated carbocycles. The van der Waals surface area contributed by atoms with Gasteiger partial charge in [-0.15, -0.1) is 11.3 Å². The number of carbonyl (C=O) groups is 1. The Morgan fingerprint density at radius 1 is 1.50 bits per heavy atom. The number of nitrogens with one attached hydrogen (secondary N) is 1. The summed E-state index contributed by atoms with van der Waals surface area (Å²) in [6.07, 6.45) is 4.64. The summed E-state index contributed by atoms with van der Waals surface area (Å²) >= 11 is 5.28. The van der Waals surface area contributed by atoms with Crippen molar-refractivity contribution < 1.29 is 4.79 Å². The number of hydrogen-bond acceptors (Lipinski definition) is 2.